The number of nitrogens with two attached hydrogens (primary N) is 1. The van der Waals surface area contributed by atoms with Crippen molar-refractivity contribution in [1.29, 1.82) is 0 Å². The number of fused-ring (bicyclic) bond motifs is 1. The molecule has 0 unspecified atom stereocenters. The lowest BCUT2D eigenvalue weighted by Gasteiger charge is -2.03. The van der Waals surface area contributed by atoms with Crippen LogP contribution in [0.2, 0.25) is 0 Å². The lowest BCUT2D eigenvalue weighted by molar-refractivity contribution is 0.0948. The Morgan fingerprint density at radius 1 is 1.40 bits per heavy atom. The maximum absolute atomic E-state index is 11.5. The van der Waals surface area contributed by atoms with Crippen molar-refractivity contribution in [3.8, 4) is 0 Å². The highest BCUT2D eigenvalue weighted by molar-refractivity contribution is 7.80. The summed E-state index contributed by atoms with van der Waals surface area (Å²) in [5.41, 5.74) is 9.99. The second-order valence-electron chi connectivity index (χ2n) is 2.70. The summed E-state index contributed by atoms with van der Waals surface area (Å²) in [6, 6.07) is 3.84. The molecule has 2 rings (SSSR count). The van der Waals surface area contributed by atoms with Gasteiger partial charge in [0, 0.05) is 9.40 Å². The van der Waals surface area contributed by atoms with Gasteiger partial charge >= 0.3 is 0 Å². The number of amides is 1. The van der Waals surface area contributed by atoms with E-state index < -0.39 is 0 Å². The second-order valence-corrected chi connectivity index (χ2v) is 5.17. The van der Waals surface area contributed by atoms with Gasteiger partial charge < -0.3 is 5.73 Å². The van der Waals surface area contributed by atoms with E-state index in [1.54, 1.807) is 11.3 Å². The number of rotatable bonds is 1. The summed E-state index contributed by atoms with van der Waals surface area (Å²) in [6.07, 6.45) is 0. The molecule has 0 atom stereocenters. The second kappa shape index (κ2) is 4.13. The van der Waals surface area contributed by atoms with E-state index in [-0.39, 0.29) is 11.0 Å². The number of carbonyl (C=O) groups excluding carboxylic acids is 1. The molecule has 0 spiro atoms. The number of thiocarbonyl (C=S) groups is 1. The van der Waals surface area contributed by atoms with Gasteiger partial charge in [0.05, 0.1) is 4.88 Å². The van der Waals surface area contributed by atoms with Crippen LogP contribution in [0.5, 0.6) is 0 Å². The van der Waals surface area contributed by atoms with Crippen LogP contribution >= 0.6 is 34.9 Å². The molecule has 2 heterocycles. The average Bonchev–Trinajstić information content (AvgIpc) is 2.72. The molecule has 0 aromatic carbocycles. The van der Waals surface area contributed by atoms with Crippen molar-refractivity contribution in [2.75, 3.05) is 0 Å². The molecule has 78 valence electrons. The highest BCUT2D eigenvalue weighted by Gasteiger charge is 2.10. The molecule has 0 saturated carbocycles. The quantitative estimate of drug-likeness (QED) is 0.534. The molecule has 1 amide bonds. The first-order valence-electron chi connectivity index (χ1n) is 3.99. The van der Waals surface area contributed by atoms with Gasteiger partial charge in [0.1, 0.15) is 0 Å². The van der Waals surface area contributed by atoms with E-state index in [1.807, 2.05) is 17.5 Å². The molecule has 2 aromatic heterocycles. The van der Waals surface area contributed by atoms with Crippen LogP contribution in [0, 0.1) is 0 Å². The number of hydrogen-bond acceptors (Lipinski definition) is 4. The molecule has 2 aromatic rings. The highest BCUT2D eigenvalue weighted by Crippen LogP contribution is 2.29. The predicted molar refractivity (Wildman–Crippen MR) is 67.1 cm³/mol. The summed E-state index contributed by atoms with van der Waals surface area (Å²) in [6.45, 7) is 0. The number of hydrazine groups is 1. The van der Waals surface area contributed by atoms with Crippen molar-refractivity contribution >= 4 is 55.3 Å². The van der Waals surface area contributed by atoms with Crippen LogP contribution < -0.4 is 16.6 Å². The van der Waals surface area contributed by atoms with E-state index >= 15 is 0 Å². The fraction of sp³-hybridized carbons (Fsp3) is 0. The molecule has 4 nitrogen and oxygen atoms in total. The molecule has 0 fully saturated rings. The third-order valence-electron chi connectivity index (χ3n) is 1.66. The van der Waals surface area contributed by atoms with E-state index in [1.165, 1.54) is 11.3 Å². The molecule has 4 N–H and O–H groups in total. The molecule has 0 aliphatic carbocycles. The van der Waals surface area contributed by atoms with Crippen molar-refractivity contribution in [3.05, 3.63) is 22.4 Å². The molecule has 0 aliphatic heterocycles. The maximum atomic E-state index is 11.5. The van der Waals surface area contributed by atoms with E-state index in [0.29, 0.717) is 4.88 Å². The Hall–Kier alpha value is -1.18. The molecule has 0 bridgehead atoms. The number of carbonyl (C=O) groups is 1. The molecule has 0 aliphatic rings. The fourth-order valence-electron chi connectivity index (χ4n) is 1.06. The van der Waals surface area contributed by atoms with E-state index in [9.17, 15) is 4.79 Å². The third kappa shape index (κ3) is 2.25. The summed E-state index contributed by atoms with van der Waals surface area (Å²) in [5.74, 6) is -0.226. The van der Waals surface area contributed by atoms with Gasteiger partial charge in [-0.1, -0.05) is 0 Å². The molecule has 15 heavy (non-hydrogen) atoms. The Kier molecular flexibility index (Phi) is 2.85. The standard InChI is InChI=1S/C8H7N3OS3/c9-8(13)11-10-7(12)6-3-5-4(15-6)1-2-14-5/h1-3H,(H,10,12)(H3,9,11,13). The molecule has 0 saturated heterocycles. The minimum atomic E-state index is -0.226. The van der Waals surface area contributed by atoms with Gasteiger partial charge in [0.25, 0.3) is 5.91 Å². The molecule has 0 radical (unpaired) electrons. The first-order chi connectivity index (χ1) is 7.16. The van der Waals surface area contributed by atoms with Crippen LogP contribution in [0.25, 0.3) is 9.40 Å². The molecular weight excluding hydrogens is 250 g/mol. The van der Waals surface area contributed by atoms with Gasteiger partial charge in [0.15, 0.2) is 5.11 Å². The zero-order valence-electron chi connectivity index (χ0n) is 7.44. The maximum Gasteiger partial charge on any atom is 0.279 e. The van der Waals surface area contributed by atoms with Crippen molar-refractivity contribution < 1.29 is 4.79 Å². The van der Waals surface area contributed by atoms with Crippen molar-refractivity contribution in [2.24, 2.45) is 5.73 Å². The SMILES string of the molecule is NC(=S)NNC(=O)c1cc2sccc2s1. The molecular formula is C8H7N3OS3. The van der Waals surface area contributed by atoms with Gasteiger partial charge in [-0.2, -0.15) is 0 Å². The Bertz CT molecular complexity index is 487. The topological polar surface area (TPSA) is 67.2 Å². The Labute approximate surface area is 99.1 Å². The number of nitrogens with one attached hydrogen (secondary N) is 2. The van der Waals surface area contributed by atoms with Crippen molar-refractivity contribution in [2.45, 2.75) is 0 Å². The summed E-state index contributed by atoms with van der Waals surface area (Å²) in [7, 11) is 0. The third-order valence-corrected chi connectivity index (χ3v) is 3.86. The van der Waals surface area contributed by atoms with Gasteiger partial charge in [-0.3, -0.25) is 15.6 Å². The average molecular weight is 257 g/mol. The van der Waals surface area contributed by atoms with Crippen LogP contribution in [0.15, 0.2) is 17.5 Å². The summed E-state index contributed by atoms with van der Waals surface area (Å²) in [5, 5.41) is 2.04. The van der Waals surface area contributed by atoms with Gasteiger partial charge in [0.2, 0.25) is 0 Å². The summed E-state index contributed by atoms with van der Waals surface area (Å²) >= 11 is 7.62. The van der Waals surface area contributed by atoms with Crippen LogP contribution in [-0.4, -0.2) is 11.0 Å². The van der Waals surface area contributed by atoms with E-state index in [2.05, 4.69) is 23.1 Å². The van der Waals surface area contributed by atoms with Crippen molar-refractivity contribution in [1.82, 2.24) is 10.9 Å². The monoisotopic (exact) mass is 257 g/mol. The number of thiophene rings is 2. The minimum Gasteiger partial charge on any atom is -0.375 e. The van der Waals surface area contributed by atoms with Crippen LogP contribution in [0.3, 0.4) is 0 Å². The van der Waals surface area contributed by atoms with E-state index in [4.69, 9.17) is 5.73 Å². The van der Waals surface area contributed by atoms with Gasteiger partial charge in [-0.25, -0.2) is 0 Å². The Morgan fingerprint density at radius 3 is 2.87 bits per heavy atom. The predicted octanol–water partition coefficient (Wildman–Crippen LogP) is 1.44. The van der Waals surface area contributed by atoms with Gasteiger partial charge in [-0.15, -0.1) is 22.7 Å². The normalized spacial score (nSPS) is 10.1. The minimum absolute atomic E-state index is 0.0433. The first kappa shape index (κ1) is 10.3. The van der Waals surface area contributed by atoms with Gasteiger partial charge in [-0.05, 0) is 29.7 Å². The fourth-order valence-corrected chi connectivity index (χ4v) is 3.11. The first-order valence-corrected chi connectivity index (χ1v) is 6.10. The lowest BCUT2D eigenvalue weighted by Crippen LogP contribution is -2.44. The van der Waals surface area contributed by atoms with Crippen LogP contribution in [-0.2, 0) is 0 Å². The zero-order valence-corrected chi connectivity index (χ0v) is 9.89. The highest BCUT2D eigenvalue weighted by atomic mass is 32.1. The smallest absolute Gasteiger partial charge is 0.279 e. The lowest BCUT2D eigenvalue weighted by atomic mass is 10.4. The largest absolute Gasteiger partial charge is 0.375 e. The Morgan fingerprint density at radius 2 is 2.20 bits per heavy atom. The summed E-state index contributed by atoms with van der Waals surface area (Å²) < 4.78 is 2.22. The van der Waals surface area contributed by atoms with Crippen LogP contribution in [0.4, 0.5) is 0 Å². The molecule has 7 heteroatoms. The van der Waals surface area contributed by atoms with Crippen molar-refractivity contribution in [3.63, 3.8) is 0 Å². The van der Waals surface area contributed by atoms with E-state index in [0.717, 1.165) is 9.40 Å². The number of hydrogen-bond donors (Lipinski definition) is 3. The zero-order chi connectivity index (χ0) is 10.8. The van der Waals surface area contributed by atoms with Crippen LogP contribution in [0.1, 0.15) is 9.67 Å². The Balaban J connectivity index is 2.13. The summed E-state index contributed by atoms with van der Waals surface area (Å²) in [4.78, 5) is 12.2.